The Kier molecular flexibility index (Phi) is 4.67. The molecule has 5 fully saturated rings. The van der Waals surface area contributed by atoms with E-state index >= 15 is 0 Å². The fourth-order valence-electron chi connectivity index (χ4n) is 6.37. The van der Waals surface area contributed by atoms with E-state index < -0.39 is 0 Å². The van der Waals surface area contributed by atoms with Crippen LogP contribution in [-0.4, -0.2) is 29.1 Å². The summed E-state index contributed by atoms with van der Waals surface area (Å²) in [6.07, 6.45) is 7.76. The molecule has 3 N–H and O–H groups in total. The molecule has 150 valence electrons. The molecule has 1 saturated heterocycles. The van der Waals surface area contributed by atoms with Crippen molar-refractivity contribution in [3.8, 4) is 0 Å². The van der Waals surface area contributed by atoms with E-state index in [0.29, 0.717) is 0 Å². The Hall–Kier alpha value is -1.53. The third kappa shape index (κ3) is 3.57. The molecular formula is C22H29N3O2S. The predicted molar refractivity (Wildman–Crippen MR) is 112 cm³/mol. The molecule has 4 saturated carbocycles. The minimum Gasteiger partial charge on any atom is -0.349 e. The summed E-state index contributed by atoms with van der Waals surface area (Å²) in [6.45, 7) is 1.51. The van der Waals surface area contributed by atoms with Gasteiger partial charge in [-0.05, 0) is 74.0 Å². The lowest BCUT2D eigenvalue weighted by atomic mass is 9.53. The summed E-state index contributed by atoms with van der Waals surface area (Å²) in [5.74, 6) is 3.44. The first-order valence-electron chi connectivity index (χ1n) is 10.6. The number of hydrogen-bond donors (Lipinski definition) is 3. The van der Waals surface area contributed by atoms with Gasteiger partial charge >= 0.3 is 0 Å². The zero-order valence-corrected chi connectivity index (χ0v) is 17.2. The third-order valence-corrected chi connectivity index (χ3v) is 8.33. The second kappa shape index (κ2) is 7.06. The van der Waals surface area contributed by atoms with Gasteiger partial charge in [0.05, 0.1) is 11.4 Å². The first-order chi connectivity index (χ1) is 13.5. The zero-order chi connectivity index (χ0) is 19.3. The Balaban J connectivity index is 1.20. The first-order valence-corrected chi connectivity index (χ1v) is 11.6. The number of carbonyl (C=O) groups is 2. The van der Waals surface area contributed by atoms with Gasteiger partial charge in [0.25, 0.3) is 0 Å². The summed E-state index contributed by atoms with van der Waals surface area (Å²) in [4.78, 5) is 24.2. The van der Waals surface area contributed by atoms with E-state index in [1.165, 1.54) is 45.4 Å². The first kappa shape index (κ1) is 18.5. The predicted octanol–water partition coefficient (Wildman–Crippen LogP) is 3.43. The molecule has 1 aromatic rings. The average molecular weight is 400 g/mol. The SMILES string of the molecule is CC(=O)Nc1ccc(C2N[C@H](C(=O)NC34CC5CC(CC(C5)C3)C4)CS2)cc1. The van der Waals surface area contributed by atoms with E-state index in [1.54, 1.807) is 11.8 Å². The van der Waals surface area contributed by atoms with Gasteiger partial charge in [0.1, 0.15) is 0 Å². The summed E-state index contributed by atoms with van der Waals surface area (Å²) < 4.78 is 0. The van der Waals surface area contributed by atoms with Gasteiger partial charge in [0.15, 0.2) is 0 Å². The minimum absolute atomic E-state index is 0.0671. The highest BCUT2D eigenvalue weighted by Gasteiger charge is 2.52. The van der Waals surface area contributed by atoms with Crippen LogP contribution in [0, 0.1) is 17.8 Å². The van der Waals surface area contributed by atoms with Crippen molar-refractivity contribution in [2.75, 3.05) is 11.1 Å². The molecule has 0 aromatic heterocycles. The smallest absolute Gasteiger partial charge is 0.238 e. The van der Waals surface area contributed by atoms with Gasteiger partial charge in [-0.3, -0.25) is 14.9 Å². The van der Waals surface area contributed by atoms with Gasteiger partial charge < -0.3 is 10.6 Å². The van der Waals surface area contributed by atoms with Gasteiger partial charge in [-0.2, -0.15) is 0 Å². The van der Waals surface area contributed by atoms with Crippen LogP contribution in [0.25, 0.3) is 0 Å². The molecule has 1 aliphatic heterocycles. The van der Waals surface area contributed by atoms with Crippen molar-refractivity contribution < 1.29 is 9.59 Å². The Morgan fingerprint density at radius 1 is 1.04 bits per heavy atom. The molecule has 5 nitrogen and oxygen atoms in total. The van der Waals surface area contributed by atoms with Crippen molar-refractivity contribution in [2.24, 2.45) is 17.8 Å². The van der Waals surface area contributed by atoms with Gasteiger partial charge in [-0.1, -0.05) is 12.1 Å². The Labute approximate surface area is 170 Å². The van der Waals surface area contributed by atoms with Gasteiger partial charge in [0.2, 0.25) is 11.8 Å². The number of benzene rings is 1. The number of anilines is 1. The summed E-state index contributed by atoms with van der Waals surface area (Å²) in [6, 6.07) is 7.76. The van der Waals surface area contributed by atoms with Crippen molar-refractivity contribution in [3.05, 3.63) is 29.8 Å². The lowest BCUT2D eigenvalue weighted by Crippen LogP contribution is -2.62. The molecule has 1 heterocycles. The quantitative estimate of drug-likeness (QED) is 0.725. The average Bonchev–Trinajstić information content (AvgIpc) is 3.10. The molecule has 4 bridgehead atoms. The molecule has 6 rings (SSSR count). The van der Waals surface area contributed by atoms with Crippen molar-refractivity contribution in [2.45, 2.75) is 62.4 Å². The lowest BCUT2D eigenvalue weighted by molar-refractivity contribution is -0.128. The monoisotopic (exact) mass is 399 g/mol. The third-order valence-electron chi connectivity index (χ3n) is 7.06. The van der Waals surface area contributed by atoms with Crippen molar-refractivity contribution in [1.29, 1.82) is 0 Å². The minimum atomic E-state index is -0.127. The van der Waals surface area contributed by atoms with Crippen LogP contribution in [0.1, 0.15) is 56.4 Å². The van der Waals surface area contributed by atoms with E-state index in [4.69, 9.17) is 0 Å². The fraction of sp³-hybridized carbons (Fsp3) is 0.636. The number of carbonyl (C=O) groups excluding carboxylic acids is 2. The molecule has 28 heavy (non-hydrogen) atoms. The largest absolute Gasteiger partial charge is 0.349 e. The molecule has 2 atom stereocenters. The van der Waals surface area contributed by atoms with E-state index in [2.05, 4.69) is 16.0 Å². The van der Waals surface area contributed by atoms with Crippen molar-refractivity contribution in [3.63, 3.8) is 0 Å². The number of nitrogens with one attached hydrogen (secondary N) is 3. The number of rotatable bonds is 4. The highest BCUT2D eigenvalue weighted by Crippen LogP contribution is 2.55. The maximum Gasteiger partial charge on any atom is 0.238 e. The lowest BCUT2D eigenvalue weighted by Gasteiger charge is -2.57. The molecule has 5 aliphatic rings. The topological polar surface area (TPSA) is 70.2 Å². The molecule has 2 amide bonds. The van der Waals surface area contributed by atoms with Crippen molar-refractivity contribution in [1.82, 2.24) is 10.6 Å². The summed E-state index contributed by atoms with van der Waals surface area (Å²) in [5, 5.41) is 9.94. The Morgan fingerprint density at radius 3 is 2.21 bits per heavy atom. The Bertz CT molecular complexity index is 743. The molecule has 6 heteroatoms. The summed E-state index contributed by atoms with van der Waals surface area (Å²) in [5.41, 5.74) is 2.02. The number of hydrogen-bond acceptors (Lipinski definition) is 4. The van der Waals surface area contributed by atoms with E-state index in [0.717, 1.165) is 34.8 Å². The van der Waals surface area contributed by atoms with E-state index in [9.17, 15) is 9.59 Å². The van der Waals surface area contributed by atoms with Crippen LogP contribution < -0.4 is 16.0 Å². The number of thioether (sulfide) groups is 1. The van der Waals surface area contributed by atoms with Gasteiger partial charge in [-0.25, -0.2) is 0 Å². The van der Waals surface area contributed by atoms with Gasteiger partial charge in [-0.15, -0.1) is 11.8 Å². The maximum absolute atomic E-state index is 13.0. The molecule has 1 unspecified atom stereocenters. The van der Waals surface area contributed by atoms with Crippen LogP contribution in [0.5, 0.6) is 0 Å². The Morgan fingerprint density at radius 2 is 1.64 bits per heavy atom. The standard InChI is InChI=1S/C22H29N3O2S/c1-13(26)23-18-4-2-17(3-5-18)21-24-19(12-28-21)20(27)25-22-9-14-6-15(10-22)8-16(7-14)11-22/h2-5,14-16,19,21,24H,6-12H2,1H3,(H,23,26)(H,25,27)/t14?,15?,16?,19-,21?,22?/m0/s1. The molecule has 0 spiro atoms. The van der Waals surface area contributed by atoms with Gasteiger partial charge in [0, 0.05) is 23.9 Å². The molecular weight excluding hydrogens is 370 g/mol. The summed E-state index contributed by atoms with van der Waals surface area (Å²) in [7, 11) is 0. The normalized spacial score (nSPS) is 38.4. The van der Waals surface area contributed by atoms with Crippen LogP contribution >= 0.6 is 11.8 Å². The van der Waals surface area contributed by atoms with Crippen LogP contribution in [0.2, 0.25) is 0 Å². The van der Waals surface area contributed by atoms with Crippen LogP contribution in [0.3, 0.4) is 0 Å². The highest BCUT2D eigenvalue weighted by molar-refractivity contribution is 7.99. The van der Waals surface area contributed by atoms with E-state index in [1.807, 2.05) is 24.3 Å². The van der Waals surface area contributed by atoms with E-state index in [-0.39, 0.29) is 28.8 Å². The molecule has 0 radical (unpaired) electrons. The highest BCUT2D eigenvalue weighted by atomic mass is 32.2. The zero-order valence-electron chi connectivity index (χ0n) is 16.4. The van der Waals surface area contributed by atoms with Crippen LogP contribution in [0.4, 0.5) is 5.69 Å². The maximum atomic E-state index is 13.0. The fourth-order valence-corrected chi connectivity index (χ4v) is 7.61. The second-order valence-electron chi connectivity index (χ2n) is 9.42. The van der Waals surface area contributed by atoms with Crippen LogP contribution in [0.15, 0.2) is 24.3 Å². The van der Waals surface area contributed by atoms with Crippen molar-refractivity contribution >= 4 is 29.3 Å². The second-order valence-corrected chi connectivity index (χ2v) is 10.6. The molecule has 1 aromatic carbocycles. The summed E-state index contributed by atoms with van der Waals surface area (Å²) >= 11 is 1.78. The van der Waals surface area contributed by atoms with Crippen LogP contribution in [-0.2, 0) is 9.59 Å². The molecule has 4 aliphatic carbocycles. The number of amides is 2.